The largest absolute Gasteiger partial charge is 0.467 e. The van der Waals surface area contributed by atoms with Crippen molar-refractivity contribution in [3.63, 3.8) is 0 Å². The van der Waals surface area contributed by atoms with E-state index in [9.17, 15) is 19.2 Å². The number of fused-ring (bicyclic) bond motifs is 2. The molecule has 0 unspecified atom stereocenters. The van der Waals surface area contributed by atoms with Crippen molar-refractivity contribution < 1.29 is 33.1 Å². The first-order valence-corrected chi connectivity index (χ1v) is 12.3. The lowest BCUT2D eigenvalue weighted by molar-refractivity contribution is -0.150. The van der Waals surface area contributed by atoms with E-state index in [2.05, 4.69) is 0 Å². The molecule has 7 atom stereocenters. The number of hydrogen-bond donors (Lipinski definition) is 0. The summed E-state index contributed by atoms with van der Waals surface area (Å²) in [5.41, 5.74) is -1.00. The minimum atomic E-state index is -1.00. The van der Waals surface area contributed by atoms with E-state index in [4.69, 9.17) is 13.9 Å². The van der Waals surface area contributed by atoms with Crippen LogP contribution in [0.2, 0.25) is 0 Å². The quantitative estimate of drug-likeness (QED) is 0.598. The molecule has 5 aliphatic heterocycles. The Morgan fingerprint density at radius 1 is 1.17 bits per heavy atom. The van der Waals surface area contributed by atoms with Gasteiger partial charge in [-0.1, -0.05) is 19.1 Å². The van der Waals surface area contributed by atoms with Gasteiger partial charge >= 0.3 is 6.09 Å². The second-order valence-electron chi connectivity index (χ2n) is 9.99. The minimum absolute atomic E-state index is 0.0563. The van der Waals surface area contributed by atoms with E-state index in [-0.39, 0.29) is 30.1 Å². The Hall–Kier alpha value is -3.14. The van der Waals surface area contributed by atoms with Crippen molar-refractivity contribution in [2.45, 2.75) is 44.1 Å². The van der Waals surface area contributed by atoms with Gasteiger partial charge in [-0.3, -0.25) is 14.4 Å². The van der Waals surface area contributed by atoms with E-state index in [1.54, 1.807) is 33.8 Å². The molecule has 35 heavy (non-hydrogen) atoms. The normalized spacial score (nSPS) is 37.6. The number of furan rings is 1. The predicted octanol–water partition coefficient (Wildman–Crippen LogP) is 1.38. The summed E-state index contributed by atoms with van der Waals surface area (Å²) in [7, 11) is 0. The number of ketones is 1. The second kappa shape index (κ2) is 7.94. The van der Waals surface area contributed by atoms with Crippen LogP contribution in [0.4, 0.5) is 4.79 Å². The number of rotatable bonds is 3. The van der Waals surface area contributed by atoms with Gasteiger partial charge in [-0.05, 0) is 19.1 Å². The molecule has 2 bridgehead atoms. The summed E-state index contributed by atoms with van der Waals surface area (Å²) < 4.78 is 17.1. The third-order valence-electron chi connectivity index (χ3n) is 8.35. The number of ether oxygens (including phenoxy) is 2. The van der Waals surface area contributed by atoms with E-state index in [0.29, 0.717) is 38.5 Å². The summed E-state index contributed by atoms with van der Waals surface area (Å²) >= 11 is 0. The highest BCUT2D eigenvalue weighted by atomic mass is 16.6. The zero-order valence-electron chi connectivity index (χ0n) is 19.8. The van der Waals surface area contributed by atoms with Gasteiger partial charge in [-0.25, -0.2) is 4.79 Å². The van der Waals surface area contributed by atoms with Gasteiger partial charge < -0.3 is 28.6 Å². The van der Waals surface area contributed by atoms with Crippen molar-refractivity contribution in [1.82, 2.24) is 14.7 Å². The van der Waals surface area contributed by atoms with Crippen LogP contribution in [-0.2, 0) is 23.9 Å². The van der Waals surface area contributed by atoms with Crippen molar-refractivity contribution in [1.29, 1.82) is 0 Å². The lowest BCUT2D eigenvalue weighted by atomic mass is 9.70. The van der Waals surface area contributed by atoms with Crippen LogP contribution in [0.3, 0.4) is 0 Å². The Morgan fingerprint density at radius 2 is 1.91 bits per heavy atom. The first-order valence-electron chi connectivity index (χ1n) is 12.3. The van der Waals surface area contributed by atoms with Crippen LogP contribution >= 0.6 is 0 Å². The average Bonchev–Trinajstić information content (AvgIpc) is 3.64. The van der Waals surface area contributed by atoms with Gasteiger partial charge in [0.1, 0.15) is 17.1 Å². The van der Waals surface area contributed by atoms with Gasteiger partial charge in [0.25, 0.3) is 0 Å². The fraction of sp³-hybridized carbons (Fsp3) is 0.600. The van der Waals surface area contributed by atoms with E-state index in [1.807, 2.05) is 19.1 Å². The number of carbonyl (C=O) groups is 4. The van der Waals surface area contributed by atoms with Gasteiger partial charge in [0.2, 0.25) is 11.8 Å². The zero-order valence-corrected chi connectivity index (χ0v) is 19.8. The van der Waals surface area contributed by atoms with Crippen LogP contribution in [0.5, 0.6) is 0 Å². The smallest absolute Gasteiger partial charge is 0.409 e. The van der Waals surface area contributed by atoms with Gasteiger partial charge in [0.05, 0.1) is 42.9 Å². The maximum absolute atomic E-state index is 14.0. The monoisotopic (exact) mass is 483 g/mol. The Kier molecular flexibility index (Phi) is 5.07. The van der Waals surface area contributed by atoms with Crippen molar-refractivity contribution in [2.24, 2.45) is 17.8 Å². The Balaban J connectivity index is 1.28. The summed E-state index contributed by atoms with van der Waals surface area (Å²) in [6, 6.07) is 2.53. The van der Waals surface area contributed by atoms with Gasteiger partial charge in [-0.2, -0.15) is 0 Å². The van der Waals surface area contributed by atoms with Crippen molar-refractivity contribution in [3.05, 3.63) is 36.3 Å². The first-order chi connectivity index (χ1) is 16.9. The van der Waals surface area contributed by atoms with Crippen molar-refractivity contribution >= 4 is 23.7 Å². The first kappa shape index (κ1) is 22.3. The molecule has 4 saturated heterocycles. The number of piperazine rings is 1. The molecule has 4 fully saturated rings. The molecule has 3 amide bonds. The maximum Gasteiger partial charge on any atom is 0.409 e. The molecule has 1 aromatic heterocycles. The maximum atomic E-state index is 14.0. The van der Waals surface area contributed by atoms with Crippen molar-refractivity contribution in [2.75, 3.05) is 32.8 Å². The SMILES string of the molecule is CCOC(=O)N1CCN(C(=O)[C@H]2[C@@H]3C=C[C@@]4(O3)[C@@H]3[C@H](C)C(=O)C[C@@H](c5ccco5)N3C(=O)[C@@H]24)CC1. The molecule has 10 heteroatoms. The molecule has 10 nitrogen and oxygen atoms in total. The third-order valence-corrected chi connectivity index (χ3v) is 8.35. The number of amides is 3. The molecule has 0 radical (unpaired) electrons. The Labute approximate surface area is 202 Å². The average molecular weight is 484 g/mol. The lowest BCUT2D eigenvalue weighted by Gasteiger charge is -2.43. The molecule has 0 aromatic carbocycles. The predicted molar refractivity (Wildman–Crippen MR) is 120 cm³/mol. The summed E-state index contributed by atoms with van der Waals surface area (Å²) in [5, 5.41) is 0. The second-order valence-corrected chi connectivity index (χ2v) is 9.99. The molecule has 186 valence electrons. The molecular formula is C25H29N3O7. The summed E-state index contributed by atoms with van der Waals surface area (Å²) in [6.45, 7) is 5.40. The molecule has 6 rings (SSSR count). The van der Waals surface area contributed by atoms with E-state index in [1.165, 1.54) is 6.26 Å². The third kappa shape index (κ3) is 3.05. The number of nitrogens with zero attached hydrogens (tertiary/aromatic N) is 3. The molecule has 1 aromatic rings. The standard InChI is InChI=1S/C25H29N3O7/c1-3-33-24(32)27-10-8-26(9-11-27)22(30)19-18-6-7-25(35-18)20(19)23(31)28-15(17-5-4-12-34-17)13-16(29)14(2)21(25)28/h4-7,12,14-15,18-21H,3,8-11,13H2,1-2H3/t14-,15+,18+,19+,20-,21+,25+/m1/s1. The van der Waals surface area contributed by atoms with Gasteiger partial charge in [0, 0.05) is 38.5 Å². The number of piperidine rings is 1. The number of carbonyl (C=O) groups excluding carboxylic acids is 4. The van der Waals surface area contributed by atoms with E-state index >= 15 is 0 Å². The summed E-state index contributed by atoms with van der Waals surface area (Å²) in [6.07, 6.45) is 4.61. The van der Waals surface area contributed by atoms with Crippen LogP contribution in [0.15, 0.2) is 35.0 Å². The van der Waals surface area contributed by atoms with Crippen LogP contribution in [-0.4, -0.2) is 88.9 Å². The molecule has 6 heterocycles. The Bertz CT molecular complexity index is 1090. The molecule has 0 N–H and O–H groups in total. The van der Waals surface area contributed by atoms with Crippen LogP contribution in [0, 0.1) is 17.8 Å². The fourth-order valence-electron chi connectivity index (χ4n) is 6.78. The van der Waals surface area contributed by atoms with Gasteiger partial charge in [0.15, 0.2) is 0 Å². The topological polar surface area (TPSA) is 110 Å². The molecule has 5 aliphatic rings. The highest BCUT2D eigenvalue weighted by Crippen LogP contribution is 2.60. The summed E-state index contributed by atoms with van der Waals surface area (Å²) in [4.78, 5) is 57.9. The molecule has 1 spiro atoms. The van der Waals surface area contributed by atoms with Crippen LogP contribution in [0.25, 0.3) is 0 Å². The summed E-state index contributed by atoms with van der Waals surface area (Å²) in [5.74, 6) is -1.45. The minimum Gasteiger partial charge on any atom is -0.467 e. The van der Waals surface area contributed by atoms with E-state index < -0.39 is 41.5 Å². The number of Topliss-reactive ketones (excluding diaryl/α,β-unsaturated/α-hetero) is 1. The molecule has 0 aliphatic carbocycles. The Morgan fingerprint density at radius 3 is 2.60 bits per heavy atom. The highest BCUT2D eigenvalue weighted by Gasteiger charge is 2.74. The van der Waals surface area contributed by atoms with E-state index in [0.717, 1.165) is 0 Å². The number of hydrogen-bond acceptors (Lipinski definition) is 7. The fourth-order valence-corrected chi connectivity index (χ4v) is 6.78. The molecular weight excluding hydrogens is 454 g/mol. The van der Waals surface area contributed by atoms with Crippen LogP contribution < -0.4 is 0 Å². The van der Waals surface area contributed by atoms with Gasteiger partial charge in [-0.15, -0.1) is 0 Å². The zero-order chi connectivity index (χ0) is 24.5. The van der Waals surface area contributed by atoms with Crippen molar-refractivity contribution in [3.8, 4) is 0 Å². The van der Waals surface area contributed by atoms with Crippen LogP contribution in [0.1, 0.15) is 32.1 Å². The molecule has 0 saturated carbocycles. The highest BCUT2D eigenvalue weighted by molar-refractivity contribution is 5.96. The lowest BCUT2D eigenvalue weighted by Crippen LogP contribution is -2.55.